The molecule has 1 saturated heterocycles. The van der Waals surface area contributed by atoms with Crippen LogP contribution in [0.3, 0.4) is 0 Å². The van der Waals surface area contributed by atoms with E-state index in [1.807, 2.05) is 19.9 Å². The summed E-state index contributed by atoms with van der Waals surface area (Å²) in [5, 5.41) is 12.0. The van der Waals surface area contributed by atoms with Crippen LogP contribution in [0.25, 0.3) is 0 Å². The lowest BCUT2D eigenvalue weighted by Gasteiger charge is -2.22. The largest absolute Gasteiger partial charge is 0.478 e. The molecule has 21 heavy (non-hydrogen) atoms. The Labute approximate surface area is 125 Å². The summed E-state index contributed by atoms with van der Waals surface area (Å²) in [7, 11) is 0. The highest BCUT2D eigenvalue weighted by atomic mass is 16.4. The lowest BCUT2D eigenvalue weighted by Crippen LogP contribution is -2.37. The van der Waals surface area contributed by atoms with Crippen molar-refractivity contribution in [3.8, 4) is 0 Å². The minimum atomic E-state index is -0.977. The zero-order valence-electron chi connectivity index (χ0n) is 12.9. The fourth-order valence-corrected chi connectivity index (χ4v) is 2.93. The van der Waals surface area contributed by atoms with Crippen LogP contribution < -0.4 is 5.32 Å². The van der Waals surface area contributed by atoms with E-state index in [1.165, 1.54) is 6.07 Å². The van der Waals surface area contributed by atoms with Crippen LogP contribution in [0.5, 0.6) is 0 Å². The third kappa shape index (κ3) is 3.17. The topological polar surface area (TPSA) is 69.6 Å². The number of hydrogen-bond acceptors (Lipinski definition) is 2. The van der Waals surface area contributed by atoms with Crippen molar-refractivity contribution in [1.29, 1.82) is 0 Å². The van der Waals surface area contributed by atoms with Crippen LogP contribution in [0.1, 0.15) is 41.8 Å². The van der Waals surface area contributed by atoms with Crippen LogP contribution in [-0.4, -0.2) is 34.6 Å². The molecular weight excluding hydrogens is 268 g/mol. The number of aryl methyl sites for hydroxylation is 1. The van der Waals surface area contributed by atoms with E-state index < -0.39 is 5.97 Å². The number of hydrogen-bond donors (Lipinski definition) is 2. The van der Waals surface area contributed by atoms with Crippen molar-refractivity contribution < 1.29 is 14.7 Å². The summed E-state index contributed by atoms with van der Waals surface area (Å²) >= 11 is 0. The van der Waals surface area contributed by atoms with Gasteiger partial charge in [0.1, 0.15) is 0 Å². The van der Waals surface area contributed by atoms with Crippen LogP contribution in [0, 0.1) is 19.8 Å². The molecule has 0 bridgehead atoms. The van der Waals surface area contributed by atoms with Gasteiger partial charge >= 0.3 is 12.0 Å². The van der Waals surface area contributed by atoms with Gasteiger partial charge in [0.25, 0.3) is 0 Å². The summed E-state index contributed by atoms with van der Waals surface area (Å²) in [5.41, 5.74) is 2.34. The molecule has 1 aliphatic rings. The van der Waals surface area contributed by atoms with Crippen LogP contribution in [-0.2, 0) is 0 Å². The van der Waals surface area contributed by atoms with Crippen LogP contribution in [0.2, 0.25) is 0 Å². The first-order valence-electron chi connectivity index (χ1n) is 7.21. The molecule has 114 valence electrons. The van der Waals surface area contributed by atoms with Crippen molar-refractivity contribution in [2.24, 2.45) is 5.92 Å². The standard InChI is InChI=1S/C16H22N2O3/c1-9-5-11(3)18(8-9)16(21)17-13-6-10(2)12(4)14(7-13)15(19)20/h6-7,9,11H,5,8H2,1-4H3,(H,17,21)(H,19,20). The van der Waals surface area contributed by atoms with Crippen molar-refractivity contribution in [3.05, 3.63) is 28.8 Å². The molecule has 0 aliphatic carbocycles. The van der Waals surface area contributed by atoms with Crippen molar-refractivity contribution in [2.75, 3.05) is 11.9 Å². The maximum absolute atomic E-state index is 12.3. The minimum absolute atomic E-state index is 0.161. The molecule has 1 aromatic rings. The quantitative estimate of drug-likeness (QED) is 0.878. The summed E-state index contributed by atoms with van der Waals surface area (Å²) in [5.74, 6) is -0.477. The van der Waals surface area contributed by atoms with E-state index in [4.69, 9.17) is 0 Å². The highest BCUT2D eigenvalue weighted by Crippen LogP contribution is 2.25. The van der Waals surface area contributed by atoms with Crippen molar-refractivity contribution >= 4 is 17.7 Å². The van der Waals surface area contributed by atoms with E-state index in [0.717, 1.165) is 24.1 Å². The Hall–Kier alpha value is -2.04. The maximum atomic E-state index is 12.3. The number of likely N-dealkylation sites (tertiary alicyclic amines) is 1. The predicted molar refractivity (Wildman–Crippen MR) is 81.8 cm³/mol. The molecule has 0 spiro atoms. The normalized spacial score (nSPS) is 21.4. The Morgan fingerprint density at radius 2 is 1.95 bits per heavy atom. The number of urea groups is 1. The van der Waals surface area contributed by atoms with Gasteiger partial charge in [-0.15, -0.1) is 0 Å². The zero-order valence-corrected chi connectivity index (χ0v) is 12.9. The molecule has 5 nitrogen and oxygen atoms in total. The van der Waals surface area contributed by atoms with E-state index in [9.17, 15) is 14.7 Å². The molecule has 5 heteroatoms. The van der Waals surface area contributed by atoms with Gasteiger partial charge in [0.2, 0.25) is 0 Å². The molecule has 1 aromatic carbocycles. The number of carboxylic acid groups (broad SMARTS) is 1. The van der Waals surface area contributed by atoms with Gasteiger partial charge in [-0.25, -0.2) is 9.59 Å². The lowest BCUT2D eigenvalue weighted by atomic mass is 10.0. The molecule has 2 N–H and O–H groups in total. The SMILES string of the molecule is Cc1cc(NC(=O)N2CC(C)CC2C)cc(C(=O)O)c1C. The molecule has 1 heterocycles. The molecule has 2 amide bonds. The number of nitrogens with zero attached hydrogens (tertiary/aromatic N) is 1. The first-order valence-corrected chi connectivity index (χ1v) is 7.21. The predicted octanol–water partition coefficient (Wildman–Crippen LogP) is 3.26. The van der Waals surface area contributed by atoms with E-state index >= 15 is 0 Å². The molecular formula is C16H22N2O3. The number of carboxylic acids is 1. The monoisotopic (exact) mass is 290 g/mol. The van der Waals surface area contributed by atoms with Gasteiger partial charge in [-0.05, 0) is 56.4 Å². The summed E-state index contributed by atoms with van der Waals surface area (Å²) in [6, 6.07) is 3.38. The van der Waals surface area contributed by atoms with Gasteiger partial charge in [0, 0.05) is 18.3 Å². The van der Waals surface area contributed by atoms with Gasteiger partial charge in [-0.2, -0.15) is 0 Å². The summed E-state index contributed by atoms with van der Waals surface area (Å²) in [4.78, 5) is 25.4. The zero-order chi connectivity index (χ0) is 15.7. The van der Waals surface area contributed by atoms with Gasteiger partial charge in [0.15, 0.2) is 0 Å². The summed E-state index contributed by atoms with van der Waals surface area (Å²) < 4.78 is 0. The fraction of sp³-hybridized carbons (Fsp3) is 0.500. The highest BCUT2D eigenvalue weighted by Gasteiger charge is 2.30. The molecule has 2 rings (SSSR count). The van der Waals surface area contributed by atoms with Crippen LogP contribution >= 0.6 is 0 Å². The number of nitrogens with one attached hydrogen (secondary N) is 1. The molecule has 1 aliphatic heterocycles. The van der Waals surface area contributed by atoms with Gasteiger partial charge < -0.3 is 15.3 Å². The van der Waals surface area contributed by atoms with E-state index in [2.05, 4.69) is 12.2 Å². The Bertz CT molecular complexity index is 583. The molecule has 0 aromatic heterocycles. The van der Waals surface area contributed by atoms with Crippen LogP contribution in [0.15, 0.2) is 12.1 Å². The number of anilines is 1. The Morgan fingerprint density at radius 3 is 2.48 bits per heavy atom. The third-order valence-corrected chi connectivity index (χ3v) is 4.19. The first kappa shape index (κ1) is 15.4. The molecule has 0 radical (unpaired) electrons. The number of carbonyl (C=O) groups is 2. The summed E-state index contributed by atoms with van der Waals surface area (Å²) in [6.07, 6.45) is 1.00. The summed E-state index contributed by atoms with van der Waals surface area (Å²) in [6.45, 7) is 8.52. The van der Waals surface area contributed by atoms with Crippen molar-refractivity contribution in [2.45, 2.75) is 40.2 Å². The average molecular weight is 290 g/mol. The average Bonchev–Trinajstić information content (AvgIpc) is 2.72. The van der Waals surface area contributed by atoms with E-state index in [0.29, 0.717) is 11.6 Å². The maximum Gasteiger partial charge on any atom is 0.336 e. The Kier molecular flexibility index (Phi) is 4.21. The fourth-order valence-electron chi connectivity index (χ4n) is 2.93. The van der Waals surface area contributed by atoms with Gasteiger partial charge in [-0.1, -0.05) is 6.92 Å². The molecule has 2 unspecified atom stereocenters. The number of rotatable bonds is 2. The number of carbonyl (C=O) groups excluding carboxylic acids is 1. The number of amides is 2. The Balaban J connectivity index is 2.20. The second kappa shape index (κ2) is 5.76. The second-order valence-corrected chi connectivity index (χ2v) is 6.04. The molecule has 0 saturated carbocycles. The minimum Gasteiger partial charge on any atom is -0.478 e. The number of aromatic carboxylic acids is 1. The van der Waals surface area contributed by atoms with Gasteiger partial charge in [0.05, 0.1) is 5.56 Å². The van der Waals surface area contributed by atoms with Crippen LogP contribution in [0.4, 0.5) is 10.5 Å². The second-order valence-electron chi connectivity index (χ2n) is 6.04. The molecule has 2 atom stereocenters. The highest BCUT2D eigenvalue weighted by molar-refractivity contribution is 5.94. The lowest BCUT2D eigenvalue weighted by molar-refractivity contribution is 0.0696. The van der Waals surface area contributed by atoms with Crippen molar-refractivity contribution in [1.82, 2.24) is 4.90 Å². The Morgan fingerprint density at radius 1 is 1.29 bits per heavy atom. The van der Waals surface area contributed by atoms with E-state index in [-0.39, 0.29) is 17.6 Å². The number of benzene rings is 1. The molecule has 1 fully saturated rings. The third-order valence-electron chi connectivity index (χ3n) is 4.19. The van der Waals surface area contributed by atoms with Gasteiger partial charge in [-0.3, -0.25) is 0 Å². The first-order chi connectivity index (χ1) is 9.79. The van der Waals surface area contributed by atoms with E-state index in [1.54, 1.807) is 11.8 Å². The smallest absolute Gasteiger partial charge is 0.336 e. The van der Waals surface area contributed by atoms with Crippen molar-refractivity contribution in [3.63, 3.8) is 0 Å².